The molecule has 4 nitrogen and oxygen atoms in total. The van der Waals surface area contributed by atoms with Crippen molar-refractivity contribution in [3.63, 3.8) is 0 Å². The predicted molar refractivity (Wildman–Crippen MR) is 63.2 cm³/mol. The molecule has 0 spiro atoms. The molecule has 0 aromatic carbocycles. The van der Waals surface area contributed by atoms with E-state index in [1.54, 1.807) is 18.2 Å². The molecule has 1 aliphatic carbocycles. The fourth-order valence-corrected chi connectivity index (χ4v) is 2.02. The normalized spacial score (nSPS) is 17.6. The number of carbonyl (C=O) groups is 1. The number of halogens is 1. The van der Waals surface area contributed by atoms with Gasteiger partial charge in [-0.1, -0.05) is 24.1 Å². The SMILES string of the molecule is NCC1(C(=O)Nc2cccc(Cl)n2)CCC1. The van der Waals surface area contributed by atoms with Crippen LogP contribution in [0.4, 0.5) is 5.82 Å². The Balaban J connectivity index is 2.07. The summed E-state index contributed by atoms with van der Waals surface area (Å²) in [6, 6.07) is 5.13. The van der Waals surface area contributed by atoms with Gasteiger partial charge in [0.25, 0.3) is 0 Å². The molecule has 0 atom stereocenters. The lowest BCUT2D eigenvalue weighted by atomic mass is 9.68. The van der Waals surface area contributed by atoms with E-state index >= 15 is 0 Å². The van der Waals surface area contributed by atoms with Crippen molar-refractivity contribution in [1.29, 1.82) is 0 Å². The molecule has 1 heterocycles. The van der Waals surface area contributed by atoms with Crippen LogP contribution in [0.3, 0.4) is 0 Å². The minimum absolute atomic E-state index is 0.0454. The fourth-order valence-electron chi connectivity index (χ4n) is 1.85. The number of hydrogen-bond acceptors (Lipinski definition) is 3. The maximum absolute atomic E-state index is 12.0. The molecule has 1 saturated carbocycles. The summed E-state index contributed by atoms with van der Waals surface area (Å²) in [5.41, 5.74) is 5.26. The largest absolute Gasteiger partial charge is 0.329 e. The topological polar surface area (TPSA) is 68.0 Å². The molecule has 0 saturated heterocycles. The van der Waals surface area contributed by atoms with Gasteiger partial charge in [0.1, 0.15) is 11.0 Å². The van der Waals surface area contributed by atoms with Gasteiger partial charge in [0.05, 0.1) is 5.41 Å². The molecule has 3 N–H and O–H groups in total. The van der Waals surface area contributed by atoms with Crippen molar-refractivity contribution in [2.24, 2.45) is 11.1 Å². The van der Waals surface area contributed by atoms with Crippen molar-refractivity contribution in [2.45, 2.75) is 19.3 Å². The van der Waals surface area contributed by atoms with E-state index < -0.39 is 0 Å². The molecule has 0 aliphatic heterocycles. The average molecular weight is 240 g/mol. The van der Waals surface area contributed by atoms with E-state index in [1.165, 1.54) is 0 Å². The van der Waals surface area contributed by atoms with Crippen LogP contribution in [0.5, 0.6) is 0 Å². The van der Waals surface area contributed by atoms with Gasteiger partial charge >= 0.3 is 0 Å². The van der Waals surface area contributed by atoms with E-state index in [1.807, 2.05) is 0 Å². The van der Waals surface area contributed by atoms with Gasteiger partial charge in [-0.25, -0.2) is 4.98 Å². The Morgan fingerprint density at radius 2 is 2.31 bits per heavy atom. The molecule has 1 fully saturated rings. The first-order chi connectivity index (χ1) is 7.66. The fraction of sp³-hybridized carbons (Fsp3) is 0.455. The summed E-state index contributed by atoms with van der Waals surface area (Å²) >= 11 is 5.74. The number of anilines is 1. The Labute approximate surface area is 99.2 Å². The van der Waals surface area contributed by atoms with Gasteiger partial charge in [0, 0.05) is 6.54 Å². The zero-order valence-electron chi connectivity index (χ0n) is 8.87. The van der Waals surface area contributed by atoms with Crippen molar-refractivity contribution in [1.82, 2.24) is 4.98 Å². The van der Waals surface area contributed by atoms with Crippen molar-refractivity contribution in [3.05, 3.63) is 23.4 Å². The third-order valence-corrected chi connectivity index (χ3v) is 3.35. The highest BCUT2D eigenvalue weighted by atomic mass is 35.5. The summed E-state index contributed by atoms with van der Waals surface area (Å²) < 4.78 is 0. The molecule has 1 aromatic heterocycles. The lowest BCUT2D eigenvalue weighted by Gasteiger charge is -2.38. The van der Waals surface area contributed by atoms with Crippen LogP contribution in [0.25, 0.3) is 0 Å². The van der Waals surface area contributed by atoms with Crippen LogP contribution in [-0.4, -0.2) is 17.4 Å². The summed E-state index contributed by atoms with van der Waals surface area (Å²) in [6.45, 7) is 0.388. The molecule has 1 amide bonds. The second kappa shape index (κ2) is 4.39. The van der Waals surface area contributed by atoms with Crippen LogP contribution in [0.1, 0.15) is 19.3 Å². The van der Waals surface area contributed by atoms with Crippen molar-refractivity contribution >= 4 is 23.3 Å². The Bertz CT molecular complexity index is 398. The van der Waals surface area contributed by atoms with Crippen LogP contribution >= 0.6 is 11.6 Å². The highest BCUT2D eigenvalue weighted by molar-refractivity contribution is 6.29. The summed E-state index contributed by atoms with van der Waals surface area (Å²) in [7, 11) is 0. The number of aromatic nitrogens is 1. The Kier molecular flexibility index (Phi) is 3.12. The van der Waals surface area contributed by atoms with Crippen molar-refractivity contribution in [2.75, 3.05) is 11.9 Å². The number of amides is 1. The zero-order chi connectivity index (χ0) is 11.6. The van der Waals surface area contributed by atoms with Crippen LogP contribution in [0.15, 0.2) is 18.2 Å². The third kappa shape index (κ3) is 2.03. The number of hydrogen-bond donors (Lipinski definition) is 2. The minimum atomic E-state index is -0.385. The first-order valence-corrected chi connectivity index (χ1v) is 5.68. The standard InChI is InChI=1S/C11H14ClN3O/c12-8-3-1-4-9(14-8)15-10(16)11(7-13)5-2-6-11/h1,3-4H,2,5-7,13H2,(H,14,15,16). The number of nitrogens with zero attached hydrogens (tertiary/aromatic N) is 1. The maximum atomic E-state index is 12.0. The quantitative estimate of drug-likeness (QED) is 0.791. The number of pyridine rings is 1. The van der Waals surface area contributed by atoms with E-state index in [9.17, 15) is 4.79 Å². The van der Waals surface area contributed by atoms with E-state index in [2.05, 4.69) is 10.3 Å². The molecule has 5 heteroatoms. The molecule has 0 unspecified atom stereocenters. The average Bonchev–Trinajstić information content (AvgIpc) is 2.16. The van der Waals surface area contributed by atoms with Crippen LogP contribution in [0, 0.1) is 5.41 Å². The second-order valence-corrected chi connectivity index (χ2v) is 4.52. The van der Waals surface area contributed by atoms with Crippen LogP contribution in [-0.2, 0) is 4.79 Å². The van der Waals surface area contributed by atoms with Gasteiger partial charge in [-0.05, 0) is 25.0 Å². The molecule has 1 aliphatic rings. The first-order valence-electron chi connectivity index (χ1n) is 5.30. The highest BCUT2D eigenvalue weighted by Gasteiger charge is 2.42. The third-order valence-electron chi connectivity index (χ3n) is 3.14. The minimum Gasteiger partial charge on any atom is -0.329 e. The molecule has 2 rings (SSSR count). The lowest BCUT2D eigenvalue weighted by Crippen LogP contribution is -2.47. The van der Waals surface area contributed by atoms with Crippen LogP contribution in [0.2, 0.25) is 5.15 Å². The molecule has 86 valence electrons. The summed E-state index contributed by atoms with van der Waals surface area (Å²) in [5, 5.41) is 3.13. The summed E-state index contributed by atoms with van der Waals surface area (Å²) in [4.78, 5) is 16.0. The number of rotatable bonds is 3. The van der Waals surface area contributed by atoms with Crippen LogP contribution < -0.4 is 11.1 Å². The van der Waals surface area contributed by atoms with Gasteiger partial charge < -0.3 is 11.1 Å². The monoisotopic (exact) mass is 239 g/mol. The Morgan fingerprint density at radius 3 is 2.81 bits per heavy atom. The van der Waals surface area contributed by atoms with Gasteiger partial charge in [-0.2, -0.15) is 0 Å². The smallest absolute Gasteiger partial charge is 0.233 e. The van der Waals surface area contributed by atoms with Gasteiger partial charge in [0.15, 0.2) is 0 Å². The molecule has 0 bridgehead atoms. The van der Waals surface area contributed by atoms with Crippen molar-refractivity contribution in [3.8, 4) is 0 Å². The number of carbonyl (C=O) groups excluding carboxylic acids is 1. The van der Waals surface area contributed by atoms with Gasteiger partial charge in [-0.3, -0.25) is 4.79 Å². The van der Waals surface area contributed by atoms with E-state index in [-0.39, 0.29) is 11.3 Å². The second-order valence-electron chi connectivity index (χ2n) is 4.14. The van der Waals surface area contributed by atoms with Gasteiger partial charge in [0.2, 0.25) is 5.91 Å². The maximum Gasteiger partial charge on any atom is 0.233 e. The van der Waals surface area contributed by atoms with E-state index in [4.69, 9.17) is 17.3 Å². The van der Waals surface area contributed by atoms with E-state index in [0.29, 0.717) is 17.5 Å². The zero-order valence-corrected chi connectivity index (χ0v) is 9.63. The summed E-state index contributed by atoms with van der Waals surface area (Å²) in [5.74, 6) is 0.438. The van der Waals surface area contributed by atoms with E-state index in [0.717, 1.165) is 19.3 Å². The first kappa shape index (κ1) is 11.4. The highest BCUT2D eigenvalue weighted by Crippen LogP contribution is 2.40. The number of nitrogens with two attached hydrogens (primary N) is 1. The lowest BCUT2D eigenvalue weighted by molar-refractivity contribution is -0.129. The summed E-state index contributed by atoms with van der Waals surface area (Å²) in [6.07, 6.45) is 2.78. The van der Waals surface area contributed by atoms with Crippen molar-refractivity contribution < 1.29 is 4.79 Å². The predicted octanol–water partition coefficient (Wildman–Crippen LogP) is 1.80. The van der Waals surface area contributed by atoms with Gasteiger partial charge in [-0.15, -0.1) is 0 Å². The molecule has 1 aromatic rings. The Morgan fingerprint density at radius 1 is 1.56 bits per heavy atom. The molecule has 16 heavy (non-hydrogen) atoms. The Hall–Kier alpha value is -1.13. The molecular formula is C11H14ClN3O. The molecule has 0 radical (unpaired) electrons. The number of nitrogens with one attached hydrogen (secondary N) is 1. The molecular weight excluding hydrogens is 226 g/mol.